The zero-order valence-corrected chi connectivity index (χ0v) is 11.1. The summed E-state index contributed by atoms with van der Waals surface area (Å²) in [5, 5.41) is 2.75. The molecule has 2 aromatic rings. The van der Waals surface area contributed by atoms with E-state index in [2.05, 4.69) is 10.3 Å². The lowest BCUT2D eigenvalue weighted by Gasteiger charge is -2.11. The average molecular weight is 274 g/mol. The topological polar surface area (TPSA) is 51.2 Å². The third-order valence-corrected chi connectivity index (χ3v) is 2.72. The van der Waals surface area contributed by atoms with Gasteiger partial charge in [0.25, 0.3) is 5.91 Å². The van der Waals surface area contributed by atoms with Crippen LogP contribution in [0.2, 0.25) is 0 Å². The molecule has 0 saturated heterocycles. The SMILES string of the molecule is CCOCc1ccccc1NC(=O)c1ccnc(F)c1. The molecule has 1 aromatic carbocycles. The number of anilines is 1. The van der Waals surface area contributed by atoms with Crippen molar-refractivity contribution in [3.05, 3.63) is 59.7 Å². The number of para-hydroxylation sites is 1. The van der Waals surface area contributed by atoms with Crippen LogP contribution in [-0.2, 0) is 11.3 Å². The number of pyridine rings is 1. The number of hydrogen-bond donors (Lipinski definition) is 1. The van der Waals surface area contributed by atoms with Gasteiger partial charge in [0, 0.05) is 35.7 Å². The zero-order valence-electron chi connectivity index (χ0n) is 11.1. The van der Waals surface area contributed by atoms with Crippen LogP contribution in [0.15, 0.2) is 42.6 Å². The second-order valence-electron chi connectivity index (χ2n) is 4.12. The molecule has 0 radical (unpaired) electrons. The van der Waals surface area contributed by atoms with E-state index < -0.39 is 5.95 Å². The fourth-order valence-electron chi connectivity index (χ4n) is 1.72. The Bertz CT molecular complexity index is 602. The van der Waals surface area contributed by atoms with Gasteiger partial charge in [-0.2, -0.15) is 4.39 Å². The molecule has 0 atom stereocenters. The first-order valence-electron chi connectivity index (χ1n) is 6.29. The number of aromatic nitrogens is 1. The van der Waals surface area contributed by atoms with Crippen LogP contribution in [0.25, 0.3) is 0 Å². The van der Waals surface area contributed by atoms with Gasteiger partial charge in [0.2, 0.25) is 5.95 Å². The first-order chi connectivity index (χ1) is 9.70. The first kappa shape index (κ1) is 14.1. The highest BCUT2D eigenvalue weighted by atomic mass is 19.1. The minimum absolute atomic E-state index is 0.226. The van der Waals surface area contributed by atoms with Gasteiger partial charge < -0.3 is 10.1 Å². The van der Waals surface area contributed by atoms with Crippen LogP contribution in [0.4, 0.5) is 10.1 Å². The third kappa shape index (κ3) is 3.61. The van der Waals surface area contributed by atoms with Crippen LogP contribution in [0.3, 0.4) is 0 Å². The quantitative estimate of drug-likeness (QED) is 0.853. The average Bonchev–Trinajstić information content (AvgIpc) is 2.46. The smallest absolute Gasteiger partial charge is 0.255 e. The van der Waals surface area contributed by atoms with Crippen LogP contribution >= 0.6 is 0 Å². The highest BCUT2D eigenvalue weighted by Gasteiger charge is 2.09. The van der Waals surface area contributed by atoms with Crippen LogP contribution in [0.5, 0.6) is 0 Å². The normalized spacial score (nSPS) is 10.3. The van der Waals surface area contributed by atoms with Crippen LogP contribution in [0, 0.1) is 5.95 Å². The number of ether oxygens (including phenoxy) is 1. The Morgan fingerprint density at radius 1 is 1.35 bits per heavy atom. The summed E-state index contributed by atoms with van der Waals surface area (Å²) < 4.78 is 18.3. The van der Waals surface area contributed by atoms with Crippen molar-refractivity contribution >= 4 is 11.6 Å². The molecule has 1 N–H and O–H groups in total. The van der Waals surface area contributed by atoms with Crippen molar-refractivity contribution in [2.24, 2.45) is 0 Å². The van der Waals surface area contributed by atoms with Crippen LogP contribution in [0.1, 0.15) is 22.8 Å². The molecule has 1 heterocycles. The van der Waals surface area contributed by atoms with Crippen molar-refractivity contribution in [1.82, 2.24) is 4.98 Å². The molecule has 0 aliphatic carbocycles. The van der Waals surface area contributed by atoms with Gasteiger partial charge in [-0.3, -0.25) is 4.79 Å². The number of halogens is 1. The first-order valence-corrected chi connectivity index (χ1v) is 6.29. The van der Waals surface area contributed by atoms with Gasteiger partial charge in [0.15, 0.2) is 0 Å². The standard InChI is InChI=1S/C15H15FN2O2/c1-2-20-10-12-5-3-4-6-13(12)18-15(19)11-7-8-17-14(16)9-11/h3-9H,2,10H2,1H3,(H,18,19). The summed E-state index contributed by atoms with van der Waals surface area (Å²) in [6.07, 6.45) is 1.26. The molecule has 1 aromatic heterocycles. The molecular formula is C15H15FN2O2. The number of rotatable bonds is 5. The Morgan fingerprint density at radius 3 is 2.90 bits per heavy atom. The Labute approximate surface area is 116 Å². The molecule has 0 aliphatic rings. The maximum Gasteiger partial charge on any atom is 0.255 e. The van der Waals surface area contributed by atoms with Crippen molar-refractivity contribution in [2.45, 2.75) is 13.5 Å². The fourth-order valence-corrected chi connectivity index (χ4v) is 1.72. The second-order valence-corrected chi connectivity index (χ2v) is 4.12. The predicted molar refractivity (Wildman–Crippen MR) is 73.9 cm³/mol. The molecule has 104 valence electrons. The number of nitrogens with one attached hydrogen (secondary N) is 1. The lowest BCUT2D eigenvalue weighted by atomic mass is 10.1. The van der Waals surface area contributed by atoms with Crippen LogP contribution in [-0.4, -0.2) is 17.5 Å². The van der Waals surface area contributed by atoms with E-state index in [9.17, 15) is 9.18 Å². The molecule has 0 fully saturated rings. The molecule has 0 spiro atoms. The van der Waals surface area contributed by atoms with E-state index in [4.69, 9.17) is 4.74 Å². The number of nitrogens with zero attached hydrogens (tertiary/aromatic N) is 1. The Kier molecular flexibility index (Phi) is 4.79. The highest BCUT2D eigenvalue weighted by molar-refractivity contribution is 6.04. The lowest BCUT2D eigenvalue weighted by Crippen LogP contribution is -2.14. The Balaban J connectivity index is 2.15. The summed E-state index contributed by atoms with van der Waals surface area (Å²) in [6.45, 7) is 2.91. The molecule has 0 bridgehead atoms. The molecule has 0 aliphatic heterocycles. The van der Waals surface area contributed by atoms with Gasteiger partial charge in [0.1, 0.15) is 0 Å². The molecule has 5 heteroatoms. The number of benzene rings is 1. The molecular weight excluding hydrogens is 259 g/mol. The van der Waals surface area contributed by atoms with Crippen molar-refractivity contribution in [3.63, 3.8) is 0 Å². The van der Waals surface area contributed by atoms with E-state index in [1.807, 2.05) is 25.1 Å². The fraction of sp³-hybridized carbons (Fsp3) is 0.200. The number of hydrogen-bond acceptors (Lipinski definition) is 3. The van der Waals surface area contributed by atoms with Gasteiger partial charge in [-0.15, -0.1) is 0 Å². The molecule has 20 heavy (non-hydrogen) atoms. The number of carbonyl (C=O) groups is 1. The summed E-state index contributed by atoms with van der Waals surface area (Å²) in [4.78, 5) is 15.5. The molecule has 4 nitrogen and oxygen atoms in total. The second kappa shape index (κ2) is 6.77. The van der Waals surface area contributed by atoms with E-state index in [-0.39, 0.29) is 11.5 Å². The molecule has 0 unspecified atom stereocenters. The summed E-state index contributed by atoms with van der Waals surface area (Å²) in [5.74, 6) is -1.06. The van der Waals surface area contributed by atoms with Crippen LogP contribution < -0.4 is 5.32 Å². The summed E-state index contributed by atoms with van der Waals surface area (Å²) >= 11 is 0. The maximum atomic E-state index is 13.0. The lowest BCUT2D eigenvalue weighted by molar-refractivity contribution is 0.102. The third-order valence-electron chi connectivity index (χ3n) is 2.72. The van der Waals surface area contributed by atoms with E-state index in [1.54, 1.807) is 6.07 Å². The minimum Gasteiger partial charge on any atom is -0.377 e. The van der Waals surface area contributed by atoms with E-state index in [1.165, 1.54) is 12.3 Å². The van der Waals surface area contributed by atoms with Gasteiger partial charge in [-0.05, 0) is 19.1 Å². The van der Waals surface area contributed by atoms with Gasteiger partial charge in [0.05, 0.1) is 6.61 Å². The maximum absolute atomic E-state index is 13.0. The molecule has 2 rings (SSSR count). The van der Waals surface area contributed by atoms with E-state index in [0.717, 1.165) is 11.6 Å². The number of amides is 1. The van der Waals surface area contributed by atoms with Crippen molar-refractivity contribution in [2.75, 3.05) is 11.9 Å². The van der Waals surface area contributed by atoms with Crippen molar-refractivity contribution in [3.8, 4) is 0 Å². The summed E-state index contributed by atoms with van der Waals surface area (Å²) in [5.41, 5.74) is 1.75. The van der Waals surface area contributed by atoms with E-state index >= 15 is 0 Å². The number of carbonyl (C=O) groups excluding carboxylic acids is 1. The monoisotopic (exact) mass is 274 g/mol. The molecule has 0 saturated carbocycles. The minimum atomic E-state index is -0.680. The van der Waals surface area contributed by atoms with Crippen molar-refractivity contribution < 1.29 is 13.9 Å². The van der Waals surface area contributed by atoms with Gasteiger partial charge in [-0.1, -0.05) is 18.2 Å². The van der Waals surface area contributed by atoms with Crippen molar-refractivity contribution in [1.29, 1.82) is 0 Å². The summed E-state index contributed by atoms with van der Waals surface area (Å²) in [7, 11) is 0. The summed E-state index contributed by atoms with van der Waals surface area (Å²) in [6, 6.07) is 9.90. The highest BCUT2D eigenvalue weighted by Crippen LogP contribution is 2.17. The largest absolute Gasteiger partial charge is 0.377 e. The molecule has 1 amide bonds. The zero-order chi connectivity index (χ0) is 14.4. The van der Waals surface area contributed by atoms with Gasteiger partial charge in [-0.25, -0.2) is 4.98 Å². The van der Waals surface area contributed by atoms with Gasteiger partial charge >= 0.3 is 0 Å². The predicted octanol–water partition coefficient (Wildman–Crippen LogP) is 3.01. The Morgan fingerprint density at radius 2 is 2.15 bits per heavy atom. The van der Waals surface area contributed by atoms with E-state index in [0.29, 0.717) is 18.9 Å². The Hall–Kier alpha value is -2.27.